The van der Waals surface area contributed by atoms with Gasteiger partial charge in [-0.2, -0.15) is 0 Å². The van der Waals surface area contributed by atoms with E-state index in [1.54, 1.807) is 7.11 Å². The number of hydrogen-bond acceptors (Lipinski definition) is 3. The van der Waals surface area contributed by atoms with Crippen LogP contribution >= 0.6 is 0 Å². The Bertz CT molecular complexity index is 484. The van der Waals surface area contributed by atoms with Crippen LogP contribution in [0.25, 0.3) is 0 Å². The molecule has 0 aliphatic carbocycles. The predicted octanol–water partition coefficient (Wildman–Crippen LogP) is 2.08. The quantitative estimate of drug-likeness (QED) is 0.474. The summed E-state index contributed by atoms with van der Waals surface area (Å²) in [5, 5.41) is 0. The third-order valence-electron chi connectivity index (χ3n) is 4.08. The summed E-state index contributed by atoms with van der Waals surface area (Å²) in [6.45, 7) is 5.01. The average molecular weight is 322 g/mol. The van der Waals surface area contributed by atoms with E-state index in [1.807, 2.05) is 12.1 Å². The third kappa shape index (κ3) is 5.71. The maximum atomic E-state index is 13.0. The molecule has 1 aliphatic heterocycles. The second kappa shape index (κ2) is 9.35. The minimum absolute atomic E-state index is 0.200. The van der Waals surface area contributed by atoms with Crippen LogP contribution in [0.5, 0.6) is 0 Å². The number of unbranched alkanes of at least 4 members (excludes halogenated alkanes) is 2. The molecule has 0 saturated carbocycles. The molecule has 0 radical (unpaired) electrons. The number of nitrogens with zero attached hydrogens (tertiary/aromatic N) is 3. The first kappa shape index (κ1) is 17.5. The van der Waals surface area contributed by atoms with Crippen LogP contribution in [0.2, 0.25) is 0 Å². The van der Waals surface area contributed by atoms with Crippen molar-refractivity contribution in [3.63, 3.8) is 0 Å². The molecule has 0 aromatic heterocycles. The van der Waals surface area contributed by atoms with E-state index in [9.17, 15) is 4.39 Å². The molecular formula is C17H27FN4O. The van der Waals surface area contributed by atoms with E-state index in [-0.39, 0.29) is 5.82 Å². The van der Waals surface area contributed by atoms with Gasteiger partial charge in [0.05, 0.1) is 0 Å². The Balaban J connectivity index is 1.71. The number of methoxy groups -OCH3 is 1. The summed E-state index contributed by atoms with van der Waals surface area (Å²) in [5.74, 6) is 0.435. The topological polar surface area (TPSA) is 54.1 Å². The lowest BCUT2D eigenvalue weighted by molar-refractivity contribution is 0.192. The van der Waals surface area contributed by atoms with E-state index < -0.39 is 0 Å². The molecule has 1 fully saturated rings. The van der Waals surface area contributed by atoms with Gasteiger partial charge < -0.3 is 20.3 Å². The van der Waals surface area contributed by atoms with Crippen molar-refractivity contribution in [2.75, 3.05) is 51.3 Å². The zero-order valence-corrected chi connectivity index (χ0v) is 13.9. The van der Waals surface area contributed by atoms with Crippen LogP contribution < -0.4 is 10.6 Å². The summed E-state index contributed by atoms with van der Waals surface area (Å²) in [4.78, 5) is 8.83. The van der Waals surface area contributed by atoms with Crippen LogP contribution in [-0.2, 0) is 4.74 Å². The molecule has 2 N–H and O–H groups in total. The Labute approximate surface area is 137 Å². The molecule has 0 bridgehead atoms. The highest BCUT2D eigenvalue weighted by Gasteiger charge is 2.18. The third-order valence-corrected chi connectivity index (χ3v) is 4.08. The van der Waals surface area contributed by atoms with Crippen LogP contribution in [0.15, 0.2) is 29.3 Å². The minimum Gasteiger partial charge on any atom is -0.385 e. The van der Waals surface area contributed by atoms with Gasteiger partial charge in [-0.25, -0.2) is 4.39 Å². The van der Waals surface area contributed by atoms with Crippen LogP contribution in [0.3, 0.4) is 0 Å². The first-order valence-electron chi connectivity index (χ1n) is 8.25. The minimum atomic E-state index is -0.200. The summed E-state index contributed by atoms with van der Waals surface area (Å²) in [7, 11) is 1.72. The first-order chi connectivity index (χ1) is 11.2. The summed E-state index contributed by atoms with van der Waals surface area (Å²) >= 11 is 0. The van der Waals surface area contributed by atoms with Crippen molar-refractivity contribution < 1.29 is 9.13 Å². The normalized spacial score (nSPS) is 16.0. The Morgan fingerprint density at radius 1 is 1.13 bits per heavy atom. The van der Waals surface area contributed by atoms with Crippen LogP contribution in [0.4, 0.5) is 10.1 Å². The molecule has 1 heterocycles. The molecule has 23 heavy (non-hydrogen) atoms. The fourth-order valence-corrected chi connectivity index (χ4v) is 2.67. The highest BCUT2D eigenvalue weighted by Crippen LogP contribution is 2.16. The number of piperazine rings is 1. The van der Waals surface area contributed by atoms with Crippen molar-refractivity contribution in [2.45, 2.75) is 19.3 Å². The van der Waals surface area contributed by atoms with Crippen LogP contribution in [-0.4, -0.2) is 57.3 Å². The molecule has 128 valence electrons. The van der Waals surface area contributed by atoms with E-state index in [1.165, 1.54) is 12.1 Å². The Kier molecular flexibility index (Phi) is 7.13. The van der Waals surface area contributed by atoms with Gasteiger partial charge in [-0.15, -0.1) is 0 Å². The van der Waals surface area contributed by atoms with Gasteiger partial charge in [-0.1, -0.05) is 0 Å². The molecule has 6 heteroatoms. The van der Waals surface area contributed by atoms with E-state index in [0.717, 1.165) is 64.3 Å². The average Bonchev–Trinajstić information content (AvgIpc) is 2.58. The number of halogens is 1. The van der Waals surface area contributed by atoms with E-state index in [4.69, 9.17) is 10.5 Å². The van der Waals surface area contributed by atoms with Crippen molar-refractivity contribution in [3.05, 3.63) is 30.1 Å². The molecule has 0 spiro atoms. The fourth-order valence-electron chi connectivity index (χ4n) is 2.67. The van der Waals surface area contributed by atoms with Gasteiger partial charge in [0.1, 0.15) is 5.82 Å². The number of rotatable bonds is 7. The van der Waals surface area contributed by atoms with E-state index >= 15 is 0 Å². The van der Waals surface area contributed by atoms with Gasteiger partial charge in [-0.05, 0) is 43.5 Å². The lowest BCUT2D eigenvalue weighted by Crippen LogP contribution is -2.51. The fraction of sp³-hybridized carbons (Fsp3) is 0.588. The van der Waals surface area contributed by atoms with Crippen molar-refractivity contribution in [1.29, 1.82) is 0 Å². The molecule has 0 amide bonds. The largest absolute Gasteiger partial charge is 0.385 e. The van der Waals surface area contributed by atoms with Crippen molar-refractivity contribution >= 4 is 11.6 Å². The molecule has 1 aromatic carbocycles. The summed E-state index contributed by atoms with van der Waals surface area (Å²) in [5.41, 5.74) is 7.13. The summed E-state index contributed by atoms with van der Waals surface area (Å²) in [6.07, 6.45) is 3.23. The number of guanidine groups is 1. The van der Waals surface area contributed by atoms with E-state index in [2.05, 4.69) is 14.8 Å². The Morgan fingerprint density at radius 2 is 1.83 bits per heavy atom. The zero-order chi connectivity index (χ0) is 16.5. The zero-order valence-electron chi connectivity index (χ0n) is 13.9. The maximum Gasteiger partial charge on any atom is 0.191 e. The monoisotopic (exact) mass is 322 g/mol. The standard InChI is InChI=1S/C17H27FN4O/c1-23-14-4-2-3-9-20-17(19)22-12-10-21(11-13-22)16-7-5-15(18)6-8-16/h5-8H,2-4,9-14H2,1H3,(H2,19,20). The highest BCUT2D eigenvalue weighted by molar-refractivity contribution is 5.78. The Hall–Kier alpha value is -1.82. The second-order valence-electron chi connectivity index (χ2n) is 5.74. The molecule has 2 rings (SSSR count). The lowest BCUT2D eigenvalue weighted by Gasteiger charge is -2.36. The number of ether oxygens (including phenoxy) is 1. The van der Waals surface area contributed by atoms with Gasteiger partial charge in [0, 0.05) is 52.1 Å². The molecule has 0 atom stereocenters. The lowest BCUT2D eigenvalue weighted by atomic mass is 10.2. The number of aliphatic imine (C=N–C) groups is 1. The molecular weight excluding hydrogens is 295 g/mol. The van der Waals surface area contributed by atoms with Gasteiger partial charge in [-0.3, -0.25) is 4.99 Å². The maximum absolute atomic E-state index is 13.0. The van der Waals surface area contributed by atoms with Gasteiger partial charge in [0.15, 0.2) is 5.96 Å². The molecule has 1 aliphatic rings. The van der Waals surface area contributed by atoms with Crippen LogP contribution in [0.1, 0.15) is 19.3 Å². The Morgan fingerprint density at radius 3 is 2.48 bits per heavy atom. The molecule has 1 aromatic rings. The summed E-state index contributed by atoms with van der Waals surface area (Å²) in [6, 6.07) is 6.65. The number of nitrogens with two attached hydrogens (primary N) is 1. The molecule has 0 unspecified atom stereocenters. The number of anilines is 1. The predicted molar refractivity (Wildman–Crippen MR) is 92.4 cm³/mol. The molecule has 5 nitrogen and oxygen atoms in total. The molecule has 1 saturated heterocycles. The van der Waals surface area contributed by atoms with Crippen LogP contribution in [0, 0.1) is 5.82 Å². The second-order valence-corrected chi connectivity index (χ2v) is 5.74. The van der Waals surface area contributed by atoms with Crippen molar-refractivity contribution in [1.82, 2.24) is 4.90 Å². The van der Waals surface area contributed by atoms with E-state index in [0.29, 0.717) is 5.96 Å². The SMILES string of the molecule is COCCCCCN=C(N)N1CCN(c2ccc(F)cc2)CC1. The van der Waals surface area contributed by atoms with Gasteiger partial charge in [0.2, 0.25) is 0 Å². The number of benzene rings is 1. The summed E-state index contributed by atoms with van der Waals surface area (Å²) < 4.78 is 18.0. The smallest absolute Gasteiger partial charge is 0.191 e. The number of hydrogen-bond donors (Lipinski definition) is 1. The van der Waals surface area contributed by atoms with Crippen molar-refractivity contribution in [2.24, 2.45) is 10.7 Å². The van der Waals surface area contributed by atoms with Gasteiger partial charge in [0.25, 0.3) is 0 Å². The van der Waals surface area contributed by atoms with Gasteiger partial charge >= 0.3 is 0 Å². The van der Waals surface area contributed by atoms with Crippen molar-refractivity contribution in [3.8, 4) is 0 Å². The highest BCUT2D eigenvalue weighted by atomic mass is 19.1. The first-order valence-corrected chi connectivity index (χ1v) is 8.25.